The van der Waals surface area contributed by atoms with Crippen molar-refractivity contribution in [2.45, 2.75) is 39.7 Å². The molecule has 0 fully saturated rings. The van der Waals surface area contributed by atoms with Crippen LogP contribution in [0, 0.1) is 5.92 Å². The molecule has 0 radical (unpaired) electrons. The standard InChI is InChI=1S/C15H23NO/c1-4-16-14(9-11(2)3)12-5-6-15-13(10-12)7-8-17-15/h5-6,10-11,14,16H,4,7-9H2,1-3H3. The molecular weight excluding hydrogens is 210 g/mol. The molecule has 1 aliphatic heterocycles. The molecule has 1 atom stereocenters. The molecule has 0 bridgehead atoms. The summed E-state index contributed by atoms with van der Waals surface area (Å²) in [5.74, 6) is 1.79. The topological polar surface area (TPSA) is 21.3 Å². The predicted molar refractivity (Wildman–Crippen MR) is 71.5 cm³/mol. The summed E-state index contributed by atoms with van der Waals surface area (Å²) in [6.07, 6.45) is 2.25. The van der Waals surface area contributed by atoms with E-state index in [1.54, 1.807) is 0 Å². The van der Waals surface area contributed by atoms with Crippen molar-refractivity contribution in [2.75, 3.05) is 13.2 Å². The number of benzene rings is 1. The van der Waals surface area contributed by atoms with Crippen LogP contribution in [0.1, 0.15) is 44.4 Å². The molecule has 1 aromatic rings. The van der Waals surface area contributed by atoms with Crippen molar-refractivity contribution in [3.63, 3.8) is 0 Å². The van der Waals surface area contributed by atoms with Gasteiger partial charge in [0.1, 0.15) is 5.75 Å². The molecule has 0 saturated heterocycles. The summed E-state index contributed by atoms with van der Waals surface area (Å²) in [6.45, 7) is 8.59. The number of nitrogens with one attached hydrogen (secondary N) is 1. The highest BCUT2D eigenvalue weighted by molar-refractivity contribution is 5.40. The number of rotatable bonds is 5. The van der Waals surface area contributed by atoms with Crippen molar-refractivity contribution in [1.82, 2.24) is 5.32 Å². The van der Waals surface area contributed by atoms with Gasteiger partial charge in [0.15, 0.2) is 0 Å². The fourth-order valence-corrected chi connectivity index (χ4v) is 2.48. The maximum absolute atomic E-state index is 5.55. The van der Waals surface area contributed by atoms with Gasteiger partial charge in [0, 0.05) is 12.5 Å². The molecule has 0 saturated carbocycles. The third-order valence-electron chi connectivity index (χ3n) is 3.27. The van der Waals surface area contributed by atoms with Gasteiger partial charge >= 0.3 is 0 Å². The van der Waals surface area contributed by atoms with E-state index in [9.17, 15) is 0 Å². The van der Waals surface area contributed by atoms with Crippen LogP contribution in [0.5, 0.6) is 5.75 Å². The van der Waals surface area contributed by atoms with Crippen LogP contribution in [0.2, 0.25) is 0 Å². The number of ether oxygens (including phenoxy) is 1. The van der Waals surface area contributed by atoms with Gasteiger partial charge in [-0.25, -0.2) is 0 Å². The lowest BCUT2D eigenvalue weighted by molar-refractivity contribution is 0.356. The number of fused-ring (bicyclic) bond motifs is 1. The van der Waals surface area contributed by atoms with E-state index in [0.29, 0.717) is 12.0 Å². The minimum Gasteiger partial charge on any atom is -0.493 e. The summed E-state index contributed by atoms with van der Waals surface area (Å²) in [6, 6.07) is 7.13. The molecule has 1 aromatic carbocycles. The second-order valence-corrected chi connectivity index (χ2v) is 5.21. The van der Waals surface area contributed by atoms with Gasteiger partial charge < -0.3 is 10.1 Å². The normalized spacial score (nSPS) is 15.8. The largest absolute Gasteiger partial charge is 0.493 e. The smallest absolute Gasteiger partial charge is 0.122 e. The van der Waals surface area contributed by atoms with E-state index in [0.717, 1.165) is 25.3 Å². The van der Waals surface area contributed by atoms with Gasteiger partial charge in [0.25, 0.3) is 0 Å². The van der Waals surface area contributed by atoms with Gasteiger partial charge in [-0.1, -0.05) is 32.9 Å². The SMILES string of the molecule is CCNC(CC(C)C)c1ccc2c(c1)CCO2. The van der Waals surface area contributed by atoms with Crippen LogP contribution in [-0.4, -0.2) is 13.2 Å². The van der Waals surface area contributed by atoms with E-state index in [1.807, 2.05) is 0 Å². The second-order valence-electron chi connectivity index (χ2n) is 5.21. The highest BCUT2D eigenvalue weighted by Gasteiger charge is 2.17. The predicted octanol–water partition coefficient (Wildman–Crippen LogP) is 3.32. The Kier molecular flexibility index (Phi) is 4.06. The number of hydrogen-bond donors (Lipinski definition) is 1. The van der Waals surface area contributed by atoms with Gasteiger partial charge in [0.05, 0.1) is 6.61 Å². The Bertz CT molecular complexity index is 373. The van der Waals surface area contributed by atoms with Crippen molar-refractivity contribution < 1.29 is 4.74 Å². The van der Waals surface area contributed by atoms with E-state index in [-0.39, 0.29) is 0 Å². The highest BCUT2D eigenvalue weighted by Crippen LogP contribution is 2.30. The van der Waals surface area contributed by atoms with Crippen LogP contribution in [0.4, 0.5) is 0 Å². The number of hydrogen-bond acceptors (Lipinski definition) is 2. The molecule has 2 heteroatoms. The van der Waals surface area contributed by atoms with Crippen LogP contribution in [0.15, 0.2) is 18.2 Å². The maximum atomic E-state index is 5.55. The summed E-state index contributed by atoms with van der Waals surface area (Å²) < 4.78 is 5.55. The van der Waals surface area contributed by atoms with Crippen LogP contribution >= 0.6 is 0 Å². The molecule has 0 aromatic heterocycles. The van der Waals surface area contributed by atoms with Crippen molar-refractivity contribution in [1.29, 1.82) is 0 Å². The van der Waals surface area contributed by atoms with E-state index in [1.165, 1.54) is 17.5 Å². The first kappa shape index (κ1) is 12.4. The first-order valence-electron chi connectivity index (χ1n) is 6.69. The van der Waals surface area contributed by atoms with E-state index in [4.69, 9.17) is 4.74 Å². The van der Waals surface area contributed by atoms with Crippen molar-refractivity contribution in [3.8, 4) is 5.75 Å². The van der Waals surface area contributed by atoms with Crippen LogP contribution < -0.4 is 10.1 Å². The van der Waals surface area contributed by atoms with Gasteiger partial charge in [-0.3, -0.25) is 0 Å². The van der Waals surface area contributed by atoms with Gasteiger partial charge in [-0.2, -0.15) is 0 Å². The molecule has 2 rings (SSSR count). The maximum Gasteiger partial charge on any atom is 0.122 e. The Labute approximate surface area is 104 Å². The van der Waals surface area contributed by atoms with E-state index >= 15 is 0 Å². The fourth-order valence-electron chi connectivity index (χ4n) is 2.48. The summed E-state index contributed by atoms with van der Waals surface area (Å²) in [4.78, 5) is 0. The van der Waals surface area contributed by atoms with Gasteiger partial charge in [0.2, 0.25) is 0 Å². The van der Waals surface area contributed by atoms with Gasteiger partial charge in [-0.05, 0) is 36.1 Å². The first-order valence-corrected chi connectivity index (χ1v) is 6.69. The first-order chi connectivity index (χ1) is 8.20. The highest BCUT2D eigenvalue weighted by atomic mass is 16.5. The van der Waals surface area contributed by atoms with Crippen LogP contribution in [0.3, 0.4) is 0 Å². The minimum atomic E-state index is 0.478. The lowest BCUT2D eigenvalue weighted by Crippen LogP contribution is -2.22. The van der Waals surface area contributed by atoms with E-state index in [2.05, 4.69) is 44.3 Å². The molecule has 94 valence electrons. The lowest BCUT2D eigenvalue weighted by Gasteiger charge is -2.21. The van der Waals surface area contributed by atoms with Crippen LogP contribution in [-0.2, 0) is 6.42 Å². The molecule has 1 unspecified atom stereocenters. The quantitative estimate of drug-likeness (QED) is 0.842. The van der Waals surface area contributed by atoms with Crippen LogP contribution in [0.25, 0.3) is 0 Å². The summed E-state index contributed by atoms with van der Waals surface area (Å²) >= 11 is 0. The van der Waals surface area contributed by atoms with Crippen molar-refractivity contribution in [2.24, 2.45) is 5.92 Å². The zero-order chi connectivity index (χ0) is 12.3. The second kappa shape index (κ2) is 5.54. The monoisotopic (exact) mass is 233 g/mol. The third-order valence-corrected chi connectivity index (χ3v) is 3.27. The Morgan fingerprint density at radius 1 is 1.35 bits per heavy atom. The average molecular weight is 233 g/mol. The summed E-state index contributed by atoms with van der Waals surface area (Å²) in [7, 11) is 0. The fraction of sp³-hybridized carbons (Fsp3) is 0.600. The molecule has 0 amide bonds. The Morgan fingerprint density at radius 3 is 2.88 bits per heavy atom. The molecule has 0 aliphatic carbocycles. The minimum absolute atomic E-state index is 0.478. The molecule has 1 aliphatic rings. The Hall–Kier alpha value is -1.02. The molecule has 1 N–H and O–H groups in total. The lowest BCUT2D eigenvalue weighted by atomic mass is 9.95. The zero-order valence-electron chi connectivity index (χ0n) is 11.1. The summed E-state index contributed by atoms with van der Waals surface area (Å²) in [5.41, 5.74) is 2.78. The Balaban J connectivity index is 2.17. The van der Waals surface area contributed by atoms with Crippen molar-refractivity contribution in [3.05, 3.63) is 29.3 Å². The molecule has 0 spiro atoms. The average Bonchev–Trinajstić information content (AvgIpc) is 2.74. The van der Waals surface area contributed by atoms with Crippen molar-refractivity contribution >= 4 is 0 Å². The molecule has 2 nitrogen and oxygen atoms in total. The van der Waals surface area contributed by atoms with Gasteiger partial charge in [-0.15, -0.1) is 0 Å². The van der Waals surface area contributed by atoms with E-state index < -0.39 is 0 Å². The molecule has 17 heavy (non-hydrogen) atoms. The summed E-state index contributed by atoms with van der Waals surface area (Å²) in [5, 5.41) is 3.58. The molecular formula is C15H23NO. The Morgan fingerprint density at radius 2 is 2.18 bits per heavy atom. The zero-order valence-corrected chi connectivity index (χ0v) is 11.1. The third kappa shape index (κ3) is 3.01. The molecule has 1 heterocycles.